The van der Waals surface area contributed by atoms with Gasteiger partial charge in [-0.2, -0.15) is 0 Å². The summed E-state index contributed by atoms with van der Waals surface area (Å²) in [7, 11) is 0. The number of halogens is 1. The van der Waals surface area contributed by atoms with Crippen molar-refractivity contribution in [3.05, 3.63) is 56.7 Å². The number of nitrogens with two attached hydrogens (primary N) is 1. The summed E-state index contributed by atoms with van der Waals surface area (Å²) in [6.07, 6.45) is 1.36. The standard InChI is InChI=1S/C13H11ClN4O3/c1-7-3-2-4-9(11(7)18(19)20)21-13-10(14)8(12(15)16)5-6-17-13/h2-6H,1H3,(H3,15,16). The summed E-state index contributed by atoms with van der Waals surface area (Å²) < 4.78 is 5.44. The van der Waals surface area contributed by atoms with Crippen molar-refractivity contribution in [1.29, 1.82) is 5.41 Å². The molecular formula is C13H11ClN4O3. The molecule has 0 spiro atoms. The van der Waals surface area contributed by atoms with E-state index >= 15 is 0 Å². The Morgan fingerprint density at radius 1 is 1.48 bits per heavy atom. The molecule has 2 aromatic rings. The van der Waals surface area contributed by atoms with Crippen LogP contribution in [0.25, 0.3) is 0 Å². The lowest BCUT2D eigenvalue weighted by Crippen LogP contribution is -2.12. The van der Waals surface area contributed by atoms with Crippen LogP contribution in [0.4, 0.5) is 5.69 Å². The first-order valence-corrected chi connectivity index (χ1v) is 6.20. The molecule has 1 aromatic heterocycles. The van der Waals surface area contributed by atoms with E-state index in [0.717, 1.165) is 0 Å². The van der Waals surface area contributed by atoms with Crippen LogP contribution in [-0.4, -0.2) is 15.7 Å². The van der Waals surface area contributed by atoms with Gasteiger partial charge in [-0.1, -0.05) is 23.7 Å². The summed E-state index contributed by atoms with van der Waals surface area (Å²) in [5.41, 5.74) is 5.93. The molecule has 8 heteroatoms. The summed E-state index contributed by atoms with van der Waals surface area (Å²) in [5, 5.41) is 18.5. The highest BCUT2D eigenvalue weighted by atomic mass is 35.5. The maximum Gasteiger partial charge on any atom is 0.314 e. The van der Waals surface area contributed by atoms with Gasteiger partial charge in [-0.05, 0) is 19.1 Å². The lowest BCUT2D eigenvalue weighted by Gasteiger charge is -2.10. The first kappa shape index (κ1) is 14.7. The molecule has 0 saturated heterocycles. The fourth-order valence-corrected chi connectivity index (χ4v) is 2.01. The number of amidine groups is 1. The van der Waals surface area contributed by atoms with E-state index in [9.17, 15) is 10.1 Å². The van der Waals surface area contributed by atoms with Gasteiger partial charge in [0.2, 0.25) is 11.6 Å². The van der Waals surface area contributed by atoms with E-state index in [4.69, 9.17) is 27.5 Å². The minimum Gasteiger partial charge on any atom is -0.430 e. The average molecular weight is 307 g/mol. The molecule has 0 aliphatic carbocycles. The van der Waals surface area contributed by atoms with Crippen LogP contribution in [0.5, 0.6) is 11.6 Å². The van der Waals surface area contributed by atoms with E-state index in [-0.39, 0.29) is 33.7 Å². The van der Waals surface area contributed by atoms with Gasteiger partial charge in [0.25, 0.3) is 0 Å². The Labute approximate surface area is 125 Å². The Hall–Kier alpha value is -2.67. The molecule has 0 bridgehead atoms. The number of nitrogens with zero attached hydrogens (tertiary/aromatic N) is 2. The second kappa shape index (κ2) is 5.76. The van der Waals surface area contributed by atoms with E-state index in [1.807, 2.05) is 0 Å². The molecule has 108 valence electrons. The first-order valence-electron chi connectivity index (χ1n) is 5.82. The molecule has 1 heterocycles. The van der Waals surface area contributed by atoms with E-state index in [0.29, 0.717) is 5.56 Å². The first-order chi connectivity index (χ1) is 9.91. The van der Waals surface area contributed by atoms with Gasteiger partial charge < -0.3 is 10.5 Å². The number of para-hydroxylation sites is 1. The molecule has 2 rings (SSSR count). The van der Waals surface area contributed by atoms with Crippen LogP contribution in [0.2, 0.25) is 5.02 Å². The molecular weight excluding hydrogens is 296 g/mol. The Bertz CT molecular complexity index is 733. The zero-order valence-corrected chi connectivity index (χ0v) is 11.7. The van der Waals surface area contributed by atoms with Gasteiger partial charge in [0.15, 0.2) is 0 Å². The molecule has 0 atom stereocenters. The number of rotatable bonds is 4. The molecule has 0 unspecified atom stereocenters. The fourth-order valence-electron chi connectivity index (χ4n) is 1.76. The van der Waals surface area contributed by atoms with E-state index in [1.54, 1.807) is 19.1 Å². The van der Waals surface area contributed by atoms with Crippen LogP contribution in [0, 0.1) is 22.4 Å². The van der Waals surface area contributed by atoms with Gasteiger partial charge in [0.1, 0.15) is 10.9 Å². The predicted octanol–water partition coefficient (Wildman–Crippen LogP) is 3.03. The monoisotopic (exact) mass is 306 g/mol. The maximum atomic E-state index is 11.1. The molecule has 0 fully saturated rings. The largest absolute Gasteiger partial charge is 0.430 e. The quantitative estimate of drug-likeness (QED) is 0.390. The molecule has 21 heavy (non-hydrogen) atoms. The third-order valence-corrected chi connectivity index (χ3v) is 3.10. The normalized spacial score (nSPS) is 10.2. The highest BCUT2D eigenvalue weighted by Crippen LogP contribution is 2.36. The van der Waals surface area contributed by atoms with Crippen LogP contribution < -0.4 is 10.5 Å². The Balaban J connectivity index is 2.49. The third-order valence-electron chi connectivity index (χ3n) is 2.74. The second-order valence-corrected chi connectivity index (χ2v) is 4.55. The Morgan fingerprint density at radius 3 is 2.81 bits per heavy atom. The van der Waals surface area contributed by atoms with Crippen molar-refractivity contribution in [2.24, 2.45) is 5.73 Å². The molecule has 3 N–H and O–H groups in total. The number of ether oxygens (including phenoxy) is 1. The van der Waals surface area contributed by atoms with Crippen molar-refractivity contribution < 1.29 is 9.66 Å². The number of benzene rings is 1. The van der Waals surface area contributed by atoms with Crippen LogP contribution in [-0.2, 0) is 0 Å². The molecule has 7 nitrogen and oxygen atoms in total. The number of nitrogen functional groups attached to an aromatic ring is 1. The van der Waals surface area contributed by atoms with E-state index in [1.165, 1.54) is 18.3 Å². The third kappa shape index (κ3) is 2.92. The summed E-state index contributed by atoms with van der Waals surface area (Å²) in [6, 6.07) is 6.14. The minimum atomic E-state index is -0.534. The van der Waals surface area contributed by atoms with Crippen LogP contribution in [0.1, 0.15) is 11.1 Å². The zero-order chi connectivity index (χ0) is 15.6. The second-order valence-electron chi connectivity index (χ2n) is 4.17. The molecule has 1 aromatic carbocycles. The van der Waals surface area contributed by atoms with Gasteiger partial charge in [-0.25, -0.2) is 4.98 Å². The number of nitro benzene ring substituents is 1. The molecule has 0 aliphatic rings. The van der Waals surface area contributed by atoms with Gasteiger partial charge in [-0.3, -0.25) is 15.5 Å². The van der Waals surface area contributed by atoms with Gasteiger partial charge in [-0.15, -0.1) is 0 Å². The molecule has 0 radical (unpaired) electrons. The molecule has 0 amide bonds. The lowest BCUT2D eigenvalue weighted by molar-refractivity contribution is -0.386. The Kier molecular flexibility index (Phi) is 4.04. The number of aromatic nitrogens is 1. The van der Waals surface area contributed by atoms with Crippen molar-refractivity contribution in [2.45, 2.75) is 6.92 Å². The van der Waals surface area contributed by atoms with Gasteiger partial charge >= 0.3 is 5.69 Å². The number of nitrogens with one attached hydrogen (secondary N) is 1. The van der Waals surface area contributed by atoms with Crippen LogP contribution >= 0.6 is 11.6 Å². The van der Waals surface area contributed by atoms with Gasteiger partial charge in [0, 0.05) is 17.3 Å². The van der Waals surface area contributed by atoms with Crippen LogP contribution in [0.15, 0.2) is 30.5 Å². The summed E-state index contributed by atoms with van der Waals surface area (Å²) in [5.74, 6) is -0.265. The SMILES string of the molecule is Cc1cccc(Oc2nccc(C(=N)N)c2Cl)c1[N+](=O)[O-]. The number of hydrogen-bond donors (Lipinski definition) is 2. The maximum absolute atomic E-state index is 11.1. The average Bonchev–Trinajstić information content (AvgIpc) is 2.40. The van der Waals surface area contributed by atoms with Crippen molar-refractivity contribution >= 4 is 23.1 Å². The van der Waals surface area contributed by atoms with Crippen molar-refractivity contribution in [2.75, 3.05) is 0 Å². The minimum absolute atomic E-state index is 0.0232. The zero-order valence-electron chi connectivity index (χ0n) is 11.0. The smallest absolute Gasteiger partial charge is 0.314 e. The molecule has 0 aliphatic heterocycles. The van der Waals surface area contributed by atoms with Crippen molar-refractivity contribution in [3.63, 3.8) is 0 Å². The Morgan fingerprint density at radius 2 is 2.19 bits per heavy atom. The molecule has 0 saturated carbocycles. The predicted molar refractivity (Wildman–Crippen MR) is 78.2 cm³/mol. The van der Waals surface area contributed by atoms with E-state index in [2.05, 4.69) is 4.98 Å². The number of nitro groups is 1. The van der Waals surface area contributed by atoms with Crippen LogP contribution in [0.3, 0.4) is 0 Å². The number of pyridine rings is 1. The lowest BCUT2D eigenvalue weighted by atomic mass is 10.2. The summed E-state index contributed by atoms with van der Waals surface area (Å²) >= 11 is 6.05. The van der Waals surface area contributed by atoms with Crippen molar-refractivity contribution in [3.8, 4) is 11.6 Å². The highest BCUT2D eigenvalue weighted by molar-refractivity contribution is 6.35. The van der Waals surface area contributed by atoms with E-state index < -0.39 is 4.92 Å². The topological polar surface area (TPSA) is 115 Å². The summed E-state index contributed by atoms with van der Waals surface area (Å²) in [6.45, 7) is 1.60. The number of hydrogen-bond acceptors (Lipinski definition) is 5. The fraction of sp³-hybridized carbons (Fsp3) is 0.0769. The highest BCUT2D eigenvalue weighted by Gasteiger charge is 2.21. The summed E-state index contributed by atoms with van der Waals surface area (Å²) in [4.78, 5) is 14.5. The van der Waals surface area contributed by atoms with Gasteiger partial charge in [0.05, 0.1) is 4.92 Å². The van der Waals surface area contributed by atoms with Crippen molar-refractivity contribution in [1.82, 2.24) is 4.98 Å². The number of aryl methyl sites for hydroxylation is 1.